The largest absolute Gasteiger partial charge is 0.489 e. The SMILES string of the molecule is COC(=O)CCc1ccc(OCc2cccc(-c3ccoc3)c2)cc1. The van der Waals surface area contributed by atoms with E-state index in [9.17, 15) is 4.79 Å². The van der Waals surface area contributed by atoms with Crippen LogP contribution >= 0.6 is 0 Å². The lowest BCUT2D eigenvalue weighted by atomic mass is 10.1. The highest BCUT2D eigenvalue weighted by Gasteiger charge is 2.03. The minimum Gasteiger partial charge on any atom is -0.489 e. The summed E-state index contributed by atoms with van der Waals surface area (Å²) in [6, 6.07) is 17.9. The van der Waals surface area contributed by atoms with Gasteiger partial charge >= 0.3 is 5.97 Å². The Morgan fingerprint density at radius 3 is 2.56 bits per heavy atom. The average Bonchev–Trinajstić information content (AvgIpc) is 3.20. The number of rotatable bonds is 7. The van der Waals surface area contributed by atoms with Crippen LogP contribution in [0.1, 0.15) is 17.5 Å². The van der Waals surface area contributed by atoms with Gasteiger partial charge in [0.25, 0.3) is 0 Å². The third-order valence-electron chi connectivity index (χ3n) is 3.96. The molecule has 128 valence electrons. The Labute approximate surface area is 147 Å². The van der Waals surface area contributed by atoms with Crippen molar-refractivity contribution >= 4 is 5.97 Å². The van der Waals surface area contributed by atoms with Gasteiger partial charge in [0.05, 0.1) is 19.6 Å². The number of furan rings is 1. The molecule has 1 aromatic heterocycles. The number of aryl methyl sites for hydroxylation is 1. The smallest absolute Gasteiger partial charge is 0.305 e. The molecule has 0 saturated heterocycles. The van der Waals surface area contributed by atoms with Crippen LogP contribution in [0.4, 0.5) is 0 Å². The summed E-state index contributed by atoms with van der Waals surface area (Å²) in [5, 5.41) is 0. The Kier molecular flexibility index (Phi) is 5.52. The summed E-state index contributed by atoms with van der Waals surface area (Å²) in [7, 11) is 1.40. The number of ether oxygens (including phenoxy) is 2. The van der Waals surface area contributed by atoms with Gasteiger partial charge < -0.3 is 13.9 Å². The zero-order chi connectivity index (χ0) is 17.5. The van der Waals surface area contributed by atoms with Crippen LogP contribution in [-0.2, 0) is 22.6 Å². The van der Waals surface area contributed by atoms with E-state index in [0.717, 1.165) is 28.0 Å². The van der Waals surface area contributed by atoms with Crippen molar-refractivity contribution in [1.82, 2.24) is 0 Å². The molecule has 0 amide bonds. The van der Waals surface area contributed by atoms with Gasteiger partial charge in [0.1, 0.15) is 12.4 Å². The number of hydrogen-bond donors (Lipinski definition) is 0. The van der Waals surface area contributed by atoms with Gasteiger partial charge in [-0.1, -0.05) is 30.3 Å². The topological polar surface area (TPSA) is 48.7 Å². The van der Waals surface area contributed by atoms with Gasteiger partial charge in [0, 0.05) is 12.0 Å². The third-order valence-corrected chi connectivity index (χ3v) is 3.96. The van der Waals surface area contributed by atoms with Crippen LogP contribution < -0.4 is 4.74 Å². The Morgan fingerprint density at radius 1 is 1.00 bits per heavy atom. The van der Waals surface area contributed by atoms with Gasteiger partial charge in [-0.05, 0) is 47.4 Å². The molecule has 1 heterocycles. The van der Waals surface area contributed by atoms with Crippen LogP contribution in [0.2, 0.25) is 0 Å². The first-order valence-corrected chi connectivity index (χ1v) is 8.14. The van der Waals surface area contributed by atoms with Crippen molar-refractivity contribution in [2.75, 3.05) is 7.11 Å². The molecule has 0 N–H and O–H groups in total. The monoisotopic (exact) mass is 336 g/mol. The van der Waals surface area contributed by atoms with E-state index in [1.165, 1.54) is 7.11 Å². The zero-order valence-electron chi connectivity index (χ0n) is 14.1. The van der Waals surface area contributed by atoms with Crippen molar-refractivity contribution in [3.63, 3.8) is 0 Å². The standard InChI is InChI=1S/C21H20O4/c1-23-21(22)10-7-16-5-8-20(9-6-16)25-14-17-3-2-4-18(13-17)19-11-12-24-15-19/h2-6,8-9,11-13,15H,7,10,14H2,1H3. The number of hydrogen-bond acceptors (Lipinski definition) is 4. The fourth-order valence-corrected chi connectivity index (χ4v) is 2.54. The van der Waals surface area contributed by atoms with Gasteiger partial charge in [-0.15, -0.1) is 0 Å². The lowest BCUT2D eigenvalue weighted by Gasteiger charge is -2.08. The van der Waals surface area contributed by atoms with E-state index in [-0.39, 0.29) is 5.97 Å². The molecule has 25 heavy (non-hydrogen) atoms. The third kappa shape index (κ3) is 4.73. The van der Waals surface area contributed by atoms with E-state index in [0.29, 0.717) is 19.4 Å². The minimum absolute atomic E-state index is 0.196. The summed E-state index contributed by atoms with van der Waals surface area (Å²) in [4.78, 5) is 11.2. The van der Waals surface area contributed by atoms with Crippen LogP contribution in [0.3, 0.4) is 0 Å². The summed E-state index contributed by atoms with van der Waals surface area (Å²) in [5.41, 5.74) is 4.33. The molecule has 0 aliphatic heterocycles. The summed E-state index contributed by atoms with van der Waals surface area (Å²) < 4.78 is 15.6. The molecule has 0 spiro atoms. The Hall–Kier alpha value is -3.01. The van der Waals surface area contributed by atoms with E-state index >= 15 is 0 Å². The predicted octanol–water partition coefficient (Wildman–Crippen LogP) is 4.63. The maximum absolute atomic E-state index is 11.2. The molecule has 0 radical (unpaired) electrons. The molecular formula is C21H20O4. The summed E-state index contributed by atoms with van der Waals surface area (Å²) in [5.74, 6) is 0.605. The predicted molar refractivity (Wildman–Crippen MR) is 95.3 cm³/mol. The van der Waals surface area contributed by atoms with Crippen LogP contribution in [0.15, 0.2) is 71.5 Å². The molecule has 0 aliphatic carbocycles. The number of benzene rings is 2. The van der Waals surface area contributed by atoms with Crippen molar-refractivity contribution in [3.05, 3.63) is 78.3 Å². The fourth-order valence-electron chi connectivity index (χ4n) is 2.54. The van der Waals surface area contributed by atoms with Crippen LogP contribution in [-0.4, -0.2) is 13.1 Å². The number of carbonyl (C=O) groups excluding carboxylic acids is 1. The van der Waals surface area contributed by atoms with Gasteiger partial charge in [-0.25, -0.2) is 0 Å². The van der Waals surface area contributed by atoms with E-state index in [4.69, 9.17) is 9.15 Å². The van der Waals surface area contributed by atoms with Gasteiger partial charge in [0.15, 0.2) is 0 Å². The first kappa shape index (κ1) is 16.8. The zero-order valence-corrected chi connectivity index (χ0v) is 14.1. The van der Waals surface area contributed by atoms with Crippen molar-refractivity contribution in [3.8, 4) is 16.9 Å². The first-order valence-electron chi connectivity index (χ1n) is 8.14. The molecule has 0 aliphatic rings. The lowest BCUT2D eigenvalue weighted by Crippen LogP contribution is -2.02. The van der Waals surface area contributed by atoms with E-state index in [1.54, 1.807) is 12.5 Å². The molecule has 0 bridgehead atoms. The molecule has 2 aromatic carbocycles. The van der Waals surface area contributed by atoms with Crippen molar-refractivity contribution in [2.24, 2.45) is 0 Å². The molecule has 3 rings (SSSR count). The summed E-state index contributed by atoms with van der Waals surface area (Å²) in [6.45, 7) is 0.493. The van der Waals surface area contributed by atoms with Gasteiger partial charge in [0.2, 0.25) is 0 Å². The Bertz CT molecular complexity index is 804. The first-order chi connectivity index (χ1) is 12.2. The molecule has 0 fully saturated rings. The van der Waals surface area contributed by atoms with Gasteiger partial charge in [-0.2, -0.15) is 0 Å². The maximum atomic E-state index is 11.2. The van der Waals surface area contributed by atoms with E-state index < -0.39 is 0 Å². The minimum atomic E-state index is -0.196. The second-order valence-electron chi connectivity index (χ2n) is 5.72. The van der Waals surface area contributed by atoms with Crippen LogP contribution in [0.25, 0.3) is 11.1 Å². The molecule has 0 unspecified atom stereocenters. The molecule has 4 heteroatoms. The Morgan fingerprint density at radius 2 is 1.84 bits per heavy atom. The second-order valence-corrected chi connectivity index (χ2v) is 5.72. The van der Waals surface area contributed by atoms with Crippen molar-refractivity contribution in [2.45, 2.75) is 19.4 Å². The maximum Gasteiger partial charge on any atom is 0.305 e. The number of methoxy groups -OCH3 is 1. The number of esters is 1. The molecule has 0 atom stereocenters. The highest BCUT2D eigenvalue weighted by Crippen LogP contribution is 2.22. The normalized spacial score (nSPS) is 10.4. The molecule has 3 aromatic rings. The van der Waals surface area contributed by atoms with E-state index in [2.05, 4.69) is 10.8 Å². The summed E-state index contributed by atoms with van der Waals surface area (Å²) >= 11 is 0. The molecular weight excluding hydrogens is 316 g/mol. The molecule has 4 nitrogen and oxygen atoms in total. The average molecular weight is 336 g/mol. The fraction of sp³-hybridized carbons (Fsp3) is 0.190. The molecule has 0 saturated carbocycles. The second kappa shape index (κ2) is 8.20. The lowest BCUT2D eigenvalue weighted by molar-refractivity contribution is -0.140. The van der Waals surface area contributed by atoms with Gasteiger partial charge in [-0.3, -0.25) is 4.79 Å². The van der Waals surface area contributed by atoms with Crippen molar-refractivity contribution in [1.29, 1.82) is 0 Å². The van der Waals surface area contributed by atoms with Crippen LogP contribution in [0, 0.1) is 0 Å². The quantitative estimate of drug-likeness (QED) is 0.590. The highest BCUT2D eigenvalue weighted by molar-refractivity contribution is 5.69. The Balaban J connectivity index is 1.57. The van der Waals surface area contributed by atoms with Crippen molar-refractivity contribution < 1.29 is 18.7 Å². The van der Waals surface area contributed by atoms with E-state index in [1.807, 2.05) is 48.5 Å². The van der Waals surface area contributed by atoms with Crippen LogP contribution in [0.5, 0.6) is 5.75 Å². The summed E-state index contributed by atoms with van der Waals surface area (Å²) in [6.07, 6.45) is 4.45. The highest BCUT2D eigenvalue weighted by atomic mass is 16.5. The number of carbonyl (C=O) groups is 1.